The Bertz CT molecular complexity index is 637. The highest BCUT2D eigenvalue weighted by Crippen LogP contribution is 2.29. The van der Waals surface area contributed by atoms with Gasteiger partial charge in [0.25, 0.3) is 0 Å². The predicted molar refractivity (Wildman–Crippen MR) is 97.5 cm³/mol. The first-order chi connectivity index (χ1) is 11.6. The van der Waals surface area contributed by atoms with Gasteiger partial charge in [0, 0.05) is 12.6 Å². The zero-order valence-electron chi connectivity index (χ0n) is 14.8. The first-order valence-corrected chi connectivity index (χ1v) is 8.66. The van der Waals surface area contributed by atoms with Crippen molar-refractivity contribution in [3.05, 3.63) is 65.7 Å². The van der Waals surface area contributed by atoms with Gasteiger partial charge in [-0.2, -0.15) is 0 Å². The summed E-state index contributed by atoms with van der Waals surface area (Å²) < 4.78 is 11.2. The lowest BCUT2D eigenvalue weighted by molar-refractivity contribution is -0.0637. The molecule has 3 heteroatoms. The number of rotatable bonds is 5. The van der Waals surface area contributed by atoms with Gasteiger partial charge in [0.1, 0.15) is 5.75 Å². The minimum atomic E-state index is -0.0585. The monoisotopic (exact) mass is 325 g/mol. The first kappa shape index (κ1) is 17.0. The van der Waals surface area contributed by atoms with E-state index in [2.05, 4.69) is 61.6 Å². The number of nitrogens with one attached hydrogen (secondary N) is 1. The molecule has 0 bridgehead atoms. The molecule has 2 unspecified atom stereocenters. The number of benzene rings is 2. The second-order valence-electron chi connectivity index (χ2n) is 7.08. The summed E-state index contributed by atoms with van der Waals surface area (Å²) in [6.45, 7) is 5.16. The third-order valence-corrected chi connectivity index (χ3v) is 4.68. The molecule has 0 amide bonds. The predicted octanol–water partition coefficient (Wildman–Crippen LogP) is 4.33. The van der Waals surface area contributed by atoms with Gasteiger partial charge in [0.15, 0.2) is 0 Å². The second kappa shape index (κ2) is 7.37. The highest BCUT2D eigenvalue weighted by atomic mass is 16.5. The van der Waals surface area contributed by atoms with Crippen molar-refractivity contribution in [2.75, 3.05) is 13.7 Å². The summed E-state index contributed by atoms with van der Waals surface area (Å²) in [7, 11) is 1.70. The van der Waals surface area contributed by atoms with Gasteiger partial charge in [-0.25, -0.2) is 0 Å². The molecule has 0 radical (unpaired) electrons. The van der Waals surface area contributed by atoms with Gasteiger partial charge < -0.3 is 14.8 Å². The second-order valence-corrected chi connectivity index (χ2v) is 7.08. The quantitative estimate of drug-likeness (QED) is 0.887. The molecule has 0 aliphatic carbocycles. The molecular formula is C21H27NO2. The van der Waals surface area contributed by atoms with Crippen LogP contribution in [0.3, 0.4) is 0 Å². The van der Waals surface area contributed by atoms with Gasteiger partial charge in [-0.05, 0) is 49.9 Å². The Balaban J connectivity index is 1.85. The SMILES string of the molecule is COc1ccc(C(NC2CCOC(C)(C)C2)c2ccccc2)cc1. The van der Waals surface area contributed by atoms with E-state index in [1.54, 1.807) is 7.11 Å². The van der Waals surface area contributed by atoms with Gasteiger partial charge >= 0.3 is 0 Å². The molecule has 1 saturated heterocycles. The van der Waals surface area contributed by atoms with Crippen molar-refractivity contribution in [1.29, 1.82) is 0 Å². The summed E-state index contributed by atoms with van der Waals surface area (Å²) >= 11 is 0. The van der Waals surface area contributed by atoms with E-state index in [4.69, 9.17) is 9.47 Å². The van der Waals surface area contributed by atoms with Gasteiger partial charge in [0.2, 0.25) is 0 Å². The van der Waals surface area contributed by atoms with Gasteiger partial charge in [0.05, 0.1) is 18.8 Å². The topological polar surface area (TPSA) is 30.5 Å². The van der Waals surface area contributed by atoms with Gasteiger partial charge in [-0.1, -0.05) is 42.5 Å². The number of hydrogen-bond donors (Lipinski definition) is 1. The van der Waals surface area contributed by atoms with E-state index in [0.717, 1.165) is 25.2 Å². The van der Waals surface area contributed by atoms with Crippen LogP contribution in [-0.4, -0.2) is 25.4 Å². The van der Waals surface area contributed by atoms with Crippen molar-refractivity contribution in [2.24, 2.45) is 0 Å². The maximum absolute atomic E-state index is 5.86. The largest absolute Gasteiger partial charge is 0.497 e. The van der Waals surface area contributed by atoms with Crippen LogP contribution in [0.1, 0.15) is 43.9 Å². The van der Waals surface area contributed by atoms with Crippen molar-refractivity contribution >= 4 is 0 Å². The molecule has 0 aromatic heterocycles. The maximum atomic E-state index is 5.86. The Kier molecular flexibility index (Phi) is 5.22. The van der Waals surface area contributed by atoms with Crippen LogP contribution in [-0.2, 0) is 4.74 Å². The van der Waals surface area contributed by atoms with Crippen LogP contribution in [0.5, 0.6) is 5.75 Å². The molecule has 3 nitrogen and oxygen atoms in total. The standard InChI is InChI=1S/C21H27NO2/c1-21(2)15-18(13-14-24-21)22-20(16-7-5-4-6-8-16)17-9-11-19(23-3)12-10-17/h4-12,18,20,22H,13-15H2,1-3H3. The highest BCUT2D eigenvalue weighted by molar-refractivity contribution is 5.35. The number of ether oxygens (including phenoxy) is 2. The molecular weight excluding hydrogens is 298 g/mol. The molecule has 1 fully saturated rings. The average Bonchev–Trinajstić information content (AvgIpc) is 2.60. The first-order valence-electron chi connectivity index (χ1n) is 8.66. The molecule has 1 aliphatic heterocycles. The van der Waals surface area contributed by atoms with E-state index in [1.165, 1.54) is 11.1 Å². The molecule has 3 rings (SSSR count). The molecule has 2 aromatic carbocycles. The summed E-state index contributed by atoms with van der Waals surface area (Å²) in [6.07, 6.45) is 2.06. The van der Waals surface area contributed by atoms with Crippen molar-refractivity contribution in [2.45, 2.75) is 44.4 Å². The third-order valence-electron chi connectivity index (χ3n) is 4.68. The summed E-state index contributed by atoms with van der Waals surface area (Å²) in [5, 5.41) is 3.86. The van der Waals surface area contributed by atoms with Crippen LogP contribution in [0.15, 0.2) is 54.6 Å². The van der Waals surface area contributed by atoms with E-state index in [-0.39, 0.29) is 11.6 Å². The minimum absolute atomic E-state index is 0.0585. The van der Waals surface area contributed by atoms with Crippen molar-refractivity contribution < 1.29 is 9.47 Å². The Morgan fingerprint density at radius 2 is 1.71 bits per heavy atom. The van der Waals surface area contributed by atoms with E-state index >= 15 is 0 Å². The van der Waals surface area contributed by atoms with Crippen molar-refractivity contribution in [3.8, 4) is 5.75 Å². The Morgan fingerprint density at radius 1 is 1.04 bits per heavy atom. The molecule has 2 atom stereocenters. The zero-order valence-corrected chi connectivity index (χ0v) is 14.8. The molecule has 1 heterocycles. The van der Waals surface area contributed by atoms with Crippen LogP contribution >= 0.6 is 0 Å². The lowest BCUT2D eigenvalue weighted by atomic mass is 9.91. The van der Waals surface area contributed by atoms with E-state index in [0.29, 0.717) is 6.04 Å². The molecule has 2 aromatic rings. The van der Waals surface area contributed by atoms with Crippen LogP contribution in [0.25, 0.3) is 0 Å². The maximum Gasteiger partial charge on any atom is 0.118 e. The molecule has 0 saturated carbocycles. The van der Waals surface area contributed by atoms with Crippen molar-refractivity contribution in [1.82, 2.24) is 5.32 Å². The molecule has 1 aliphatic rings. The van der Waals surface area contributed by atoms with Crippen molar-refractivity contribution in [3.63, 3.8) is 0 Å². The van der Waals surface area contributed by atoms with Gasteiger partial charge in [-0.3, -0.25) is 0 Å². The normalized spacial score (nSPS) is 21.2. The van der Waals surface area contributed by atoms with E-state index < -0.39 is 0 Å². The van der Waals surface area contributed by atoms with Crippen LogP contribution in [0.4, 0.5) is 0 Å². The highest BCUT2D eigenvalue weighted by Gasteiger charge is 2.30. The lowest BCUT2D eigenvalue weighted by Gasteiger charge is -2.38. The third kappa shape index (κ3) is 4.16. The fourth-order valence-corrected chi connectivity index (χ4v) is 3.44. The Morgan fingerprint density at radius 3 is 2.33 bits per heavy atom. The van der Waals surface area contributed by atoms with E-state index in [1.807, 2.05) is 12.1 Å². The summed E-state index contributed by atoms with van der Waals surface area (Å²) in [5.41, 5.74) is 2.48. The Labute approximate surface area is 145 Å². The molecule has 0 spiro atoms. The number of methoxy groups -OCH3 is 1. The Hall–Kier alpha value is -1.84. The van der Waals surface area contributed by atoms with Crippen LogP contribution < -0.4 is 10.1 Å². The van der Waals surface area contributed by atoms with Gasteiger partial charge in [-0.15, -0.1) is 0 Å². The molecule has 1 N–H and O–H groups in total. The lowest BCUT2D eigenvalue weighted by Crippen LogP contribution is -2.45. The number of hydrogen-bond acceptors (Lipinski definition) is 3. The zero-order chi connectivity index (χ0) is 17.0. The summed E-state index contributed by atoms with van der Waals surface area (Å²) in [6, 6.07) is 19.6. The summed E-state index contributed by atoms with van der Waals surface area (Å²) in [5.74, 6) is 0.887. The molecule has 24 heavy (non-hydrogen) atoms. The average molecular weight is 325 g/mol. The fourth-order valence-electron chi connectivity index (χ4n) is 3.44. The van der Waals surface area contributed by atoms with Crippen LogP contribution in [0, 0.1) is 0 Å². The van der Waals surface area contributed by atoms with Crippen LogP contribution in [0.2, 0.25) is 0 Å². The minimum Gasteiger partial charge on any atom is -0.497 e. The van der Waals surface area contributed by atoms with E-state index in [9.17, 15) is 0 Å². The smallest absolute Gasteiger partial charge is 0.118 e. The molecule has 128 valence electrons. The fraction of sp³-hybridized carbons (Fsp3) is 0.429. The summed E-state index contributed by atoms with van der Waals surface area (Å²) in [4.78, 5) is 0.